The predicted molar refractivity (Wildman–Crippen MR) is 81.6 cm³/mol. The monoisotopic (exact) mass is 303 g/mol. The van der Waals surface area contributed by atoms with Crippen LogP contribution in [-0.2, 0) is 6.54 Å². The fourth-order valence-corrected chi connectivity index (χ4v) is 2.84. The highest BCUT2D eigenvalue weighted by Gasteiger charge is 2.25. The summed E-state index contributed by atoms with van der Waals surface area (Å²) in [4.78, 5) is 14.1. The molecule has 118 valence electrons. The molecular formula is C14H21N7O. The summed E-state index contributed by atoms with van der Waals surface area (Å²) in [5, 5.41) is 17.8. The van der Waals surface area contributed by atoms with Gasteiger partial charge in [-0.15, -0.1) is 5.10 Å². The molecule has 2 amide bonds. The Morgan fingerprint density at radius 1 is 1.45 bits per heavy atom. The van der Waals surface area contributed by atoms with Gasteiger partial charge in [0.05, 0.1) is 12.4 Å². The van der Waals surface area contributed by atoms with Crippen LogP contribution in [-0.4, -0.2) is 49.2 Å². The van der Waals surface area contributed by atoms with Crippen LogP contribution in [0.3, 0.4) is 0 Å². The van der Waals surface area contributed by atoms with Gasteiger partial charge in [-0.3, -0.25) is 15.1 Å². The van der Waals surface area contributed by atoms with Gasteiger partial charge in [0.2, 0.25) is 0 Å². The summed E-state index contributed by atoms with van der Waals surface area (Å²) in [6.07, 6.45) is 5.47. The number of likely N-dealkylation sites (tertiary alicyclic amines) is 1. The lowest BCUT2D eigenvalue weighted by Gasteiger charge is -2.31. The van der Waals surface area contributed by atoms with Gasteiger partial charge in [0.15, 0.2) is 5.82 Å². The number of aromatic amines is 1. The number of piperidine rings is 1. The summed E-state index contributed by atoms with van der Waals surface area (Å²) in [6, 6.07) is -0.108. The smallest absolute Gasteiger partial charge is 0.323 e. The normalized spacial score (nSPS) is 16.0. The van der Waals surface area contributed by atoms with E-state index in [2.05, 4.69) is 32.7 Å². The molecule has 22 heavy (non-hydrogen) atoms. The van der Waals surface area contributed by atoms with Gasteiger partial charge < -0.3 is 4.90 Å². The van der Waals surface area contributed by atoms with Crippen molar-refractivity contribution in [3.8, 4) is 0 Å². The minimum atomic E-state index is -0.108. The van der Waals surface area contributed by atoms with Crippen LogP contribution in [0.1, 0.15) is 36.9 Å². The standard InChI is InChI=1S/C14H21N7O/c1-3-21-9-12(17-19-21)16-14(22)20-6-4-11(5-7-20)13-10(2)8-15-18-13/h8-9,11H,3-7H2,1-2H3,(H,15,18)(H,16,22). The van der Waals surface area contributed by atoms with Crippen LogP contribution >= 0.6 is 0 Å². The minimum absolute atomic E-state index is 0.108. The number of hydrogen-bond acceptors (Lipinski definition) is 4. The predicted octanol–water partition coefficient (Wildman–Crippen LogP) is 1.74. The van der Waals surface area contributed by atoms with Gasteiger partial charge in [0.25, 0.3) is 0 Å². The summed E-state index contributed by atoms with van der Waals surface area (Å²) >= 11 is 0. The summed E-state index contributed by atoms with van der Waals surface area (Å²) in [5.41, 5.74) is 2.39. The highest BCUT2D eigenvalue weighted by molar-refractivity contribution is 5.88. The van der Waals surface area contributed by atoms with Gasteiger partial charge in [0, 0.05) is 31.2 Å². The second-order valence-electron chi connectivity index (χ2n) is 5.62. The van der Waals surface area contributed by atoms with Crippen molar-refractivity contribution < 1.29 is 4.79 Å². The molecule has 0 atom stereocenters. The van der Waals surface area contributed by atoms with Crippen LogP contribution in [0.2, 0.25) is 0 Å². The Balaban J connectivity index is 1.54. The van der Waals surface area contributed by atoms with Crippen LogP contribution < -0.4 is 5.32 Å². The Morgan fingerprint density at radius 3 is 2.82 bits per heavy atom. The third-order valence-corrected chi connectivity index (χ3v) is 4.16. The Morgan fingerprint density at radius 2 is 2.23 bits per heavy atom. The molecule has 1 aliphatic rings. The zero-order valence-corrected chi connectivity index (χ0v) is 12.9. The fourth-order valence-electron chi connectivity index (χ4n) is 2.84. The molecule has 0 unspecified atom stereocenters. The molecule has 1 aliphatic heterocycles. The van der Waals surface area contributed by atoms with Crippen LogP contribution in [0, 0.1) is 6.92 Å². The van der Waals surface area contributed by atoms with Crippen LogP contribution in [0.15, 0.2) is 12.4 Å². The average molecular weight is 303 g/mol. The van der Waals surface area contributed by atoms with E-state index in [4.69, 9.17) is 0 Å². The number of hydrogen-bond donors (Lipinski definition) is 2. The van der Waals surface area contributed by atoms with E-state index in [1.165, 1.54) is 11.3 Å². The zero-order chi connectivity index (χ0) is 15.5. The average Bonchev–Trinajstić information content (AvgIpc) is 3.16. The third kappa shape index (κ3) is 2.95. The molecular weight excluding hydrogens is 282 g/mol. The van der Waals surface area contributed by atoms with E-state index in [-0.39, 0.29) is 6.03 Å². The molecule has 2 aromatic heterocycles. The SMILES string of the molecule is CCn1cc(NC(=O)N2CCC(c3[nH]ncc3C)CC2)nn1. The molecule has 0 bridgehead atoms. The van der Waals surface area contributed by atoms with Crippen LogP contribution in [0.4, 0.5) is 10.6 Å². The quantitative estimate of drug-likeness (QED) is 0.903. The second kappa shape index (κ2) is 6.17. The molecule has 0 aliphatic carbocycles. The fraction of sp³-hybridized carbons (Fsp3) is 0.571. The number of nitrogens with one attached hydrogen (secondary N) is 2. The first-order chi connectivity index (χ1) is 10.7. The third-order valence-electron chi connectivity index (χ3n) is 4.16. The van der Waals surface area contributed by atoms with E-state index in [1.54, 1.807) is 10.9 Å². The van der Waals surface area contributed by atoms with Gasteiger partial charge in [-0.2, -0.15) is 5.10 Å². The minimum Gasteiger partial charge on any atom is -0.324 e. The van der Waals surface area contributed by atoms with Gasteiger partial charge in [-0.05, 0) is 32.3 Å². The Labute approximate surface area is 128 Å². The first-order valence-electron chi connectivity index (χ1n) is 7.63. The van der Waals surface area contributed by atoms with Crippen molar-refractivity contribution in [3.63, 3.8) is 0 Å². The molecule has 0 radical (unpaired) electrons. The second-order valence-corrected chi connectivity index (χ2v) is 5.62. The van der Waals surface area contributed by atoms with E-state index in [9.17, 15) is 4.79 Å². The summed E-state index contributed by atoms with van der Waals surface area (Å²) in [5.74, 6) is 0.950. The first-order valence-corrected chi connectivity index (χ1v) is 7.63. The van der Waals surface area contributed by atoms with Crippen LogP contribution in [0.25, 0.3) is 0 Å². The maximum Gasteiger partial charge on any atom is 0.323 e. The summed E-state index contributed by atoms with van der Waals surface area (Å²) in [6.45, 7) is 6.24. The molecule has 2 aromatic rings. The summed E-state index contributed by atoms with van der Waals surface area (Å²) < 4.78 is 1.68. The molecule has 0 aromatic carbocycles. The number of H-pyrrole nitrogens is 1. The maximum absolute atomic E-state index is 12.2. The number of rotatable bonds is 3. The molecule has 2 N–H and O–H groups in total. The molecule has 0 spiro atoms. The van der Waals surface area contributed by atoms with Gasteiger partial charge in [0.1, 0.15) is 0 Å². The van der Waals surface area contributed by atoms with E-state index in [1.807, 2.05) is 18.0 Å². The Bertz CT molecular complexity index is 639. The number of nitrogens with zero attached hydrogens (tertiary/aromatic N) is 5. The highest BCUT2D eigenvalue weighted by Crippen LogP contribution is 2.28. The molecule has 0 saturated carbocycles. The molecule has 1 saturated heterocycles. The van der Waals surface area contributed by atoms with Crippen LogP contribution in [0.5, 0.6) is 0 Å². The first kappa shape index (κ1) is 14.6. The number of amides is 2. The number of carbonyl (C=O) groups excluding carboxylic acids is 1. The van der Waals surface area contributed by atoms with Crippen molar-refractivity contribution in [1.29, 1.82) is 0 Å². The zero-order valence-electron chi connectivity index (χ0n) is 12.9. The van der Waals surface area contributed by atoms with Crippen molar-refractivity contribution in [2.24, 2.45) is 0 Å². The lowest BCUT2D eigenvalue weighted by atomic mass is 9.92. The lowest BCUT2D eigenvalue weighted by Crippen LogP contribution is -2.40. The molecule has 3 heterocycles. The number of aryl methyl sites for hydroxylation is 2. The lowest BCUT2D eigenvalue weighted by molar-refractivity contribution is 0.194. The van der Waals surface area contributed by atoms with E-state index in [0.717, 1.165) is 32.5 Å². The molecule has 3 rings (SSSR count). The maximum atomic E-state index is 12.2. The van der Waals surface area contributed by atoms with Crippen molar-refractivity contribution in [2.45, 2.75) is 39.2 Å². The van der Waals surface area contributed by atoms with Crippen molar-refractivity contribution in [2.75, 3.05) is 18.4 Å². The Kier molecular flexibility index (Phi) is 4.08. The van der Waals surface area contributed by atoms with E-state index < -0.39 is 0 Å². The molecule has 1 fully saturated rings. The van der Waals surface area contributed by atoms with Gasteiger partial charge >= 0.3 is 6.03 Å². The number of aromatic nitrogens is 5. The Hall–Kier alpha value is -2.38. The van der Waals surface area contributed by atoms with Crippen molar-refractivity contribution in [1.82, 2.24) is 30.1 Å². The topological polar surface area (TPSA) is 91.7 Å². The van der Waals surface area contributed by atoms with Gasteiger partial charge in [-0.1, -0.05) is 5.21 Å². The van der Waals surface area contributed by atoms with Crippen molar-refractivity contribution in [3.05, 3.63) is 23.7 Å². The molecule has 8 nitrogen and oxygen atoms in total. The largest absolute Gasteiger partial charge is 0.324 e. The summed E-state index contributed by atoms with van der Waals surface area (Å²) in [7, 11) is 0. The van der Waals surface area contributed by atoms with Gasteiger partial charge in [-0.25, -0.2) is 4.79 Å². The number of carbonyl (C=O) groups is 1. The van der Waals surface area contributed by atoms with Crippen molar-refractivity contribution >= 4 is 11.8 Å². The number of anilines is 1. The van der Waals surface area contributed by atoms with E-state index in [0.29, 0.717) is 11.7 Å². The molecule has 8 heteroatoms. The number of urea groups is 1. The highest BCUT2D eigenvalue weighted by atomic mass is 16.2. The van der Waals surface area contributed by atoms with E-state index >= 15 is 0 Å².